The van der Waals surface area contributed by atoms with Gasteiger partial charge in [0.05, 0.1) is 6.61 Å². The van der Waals surface area contributed by atoms with Crippen LogP contribution in [0, 0.1) is 0 Å². The van der Waals surface area contributed by atoms with E-state index in [-0.39, 0.29) is 6.61 Å². The summed E-state index contributed by atoms with van der Waals surface area (Å²) in [5.74, 6) is 0.760. The molecule has 0 radical (unpaired) electrons. The van der Waals surface area contributed by atoms with Crippen LogP contribution in [0.3, 0.4) is 0 Å². The number of aliphatic hydroxyl groups excluding tert-OH is 1. The van der Waals surface area contributed by atoms with Gasteiger partial charge in [0.2, 0.25) is 0 Å². The lowest BCUT2D eigenvalue weighted by Gasteiger charge is -2.05. The molecule has 1 rings (SSSR count). The number of benzene rings is 1. The second-order valence-electron chi connectivity index (χ2n) is 3.78. The number of aliphatic hydroxyl groups is 1. The van der Waals surface area contributed by atoms with Gasteiger partial charge in [0.25, 0.3) is 0 Å². The zero-order valence-electron chi connectivity index (χ0n) is 9.61. The Labute approximate surface area is 99.3 Å². The van der Waals surface area contributed by atoms with Crippen molar-refractivity contribution in [3.05, 3.63) is 35.4 Å². The van der Waals surface area contributed by atoms with Crippen molar-refractivity contribution in [1.29, 1.82) is 0 Å². The van der Waals surface area contributed by atoms with E-state index in [4.69, 9.17) is 5.11 Å². The predicted molar refractivity (Wildman–Crippen MR) is 67.6 cm³/mol. The molecule has 0 aliphatic heterocycles. The van der Waals surface area contributed by atoms with E-state index in [1.165, 1.54) is 5.56 Å². The Kier molecular flexibility index (Phi) is 6.30. The molecule has 1 unspecified atom stereocenters. The highest BCUT2D eigenvalue weighted by molar-refractivity contribution is 7.84. The molecule has 3 nitrogen and oxygen atoms in total. The maximum atomic E-state index is 10.8. The molecule has 0 aliphatic carbocycles. The molecule has 0 aromatic heterocycles. The summed E-state index contributed by atoms with van der Waals surface area (Å²) in [5, 5.41) is 12.2. The molecule has 0 saturated carbocycles. The van der Waals surface area contributed by atoms with Crippen LogP contribution in [0.2, 0.25) is 0 Å². The molecule has 4 heteroatoms. The lowest BCUT2D eigenvalue weighted by molar-refractivity contribution is 0.282. The first-order valence-corrected chi connectivity index (χ1v) is 7.14. The fourth-order valence-corrected chi connectivity index (χ4v) is 1.95. The summed E-state index contributed by atoms with van der Waals surface area (Å²) in [4.78, 5) is 0. The van der Waals surface area contributed by atoms with Gasteiger partial charge in [-0.1, -0.05) is 24.3 Å². The summed E-state index contributed by atoms with van der Waals surface area (Å²) >= 11 is 0. The van der Waals surface area contributed by atoms with Crippen LogP contribution in [0.4, 0.5) is 0 Å². The van der Waals surface area contributed by atoms with Crippen LogP contribution < -0.4 is 5.32 Å². The van der Waals surface area contributed by atoms with Crippen LogP contribution in [-0.2, 0) is 24.0 Å². The van der Waals surface area contributed by atoms with Crippen LogP contribution in [-0.4, -0.2) is 27.9 Å². The third kappa shape index (κ3) is 5.39. The highest BCUT2D eigenvalue weighted by atomic mass is 32.2. The molecule has 0 heterocycles. The molecule has 16 heavy (non-hydrogen) atoms. The van der Waals surface area contributed by atoms with E-state index in [0.29, 0.717) is 0 Å². The summed E-state index contributed by atoms with van der Waals surface area (Å²) in [6.07, 6.45) is 2.67. The summed E-state index contributed by atoms with van der Waals surface area (Å²) in [6, 6.07) is 7.88. The molecule has 0 fully saturated rings. The first kappa shape index (κ1) is 13.4. The molecule has 0 bridgehead atoms. The van der Waals surface area contributed by atoms with Crippen molar-refractivity contribution in [2.45, 2.75) is 19.6 Å². The average Bonchev–Trinajstić information content (AvgIpc) is 2.29. The zero-order valence-corrected chi connectivity index (χ0v) is 10.4. The van der Waals surface area contributed by atoms with E-state index < -0.39 is 10.8 Å². The Morgan fingerprint density at radius 3 is 2.44 bits per heavy atom. The van der Waals surface area contributed by atoms with Gasteiger partial charge >= 0.3 is 0 Å². The second kappa shape index (κ2) is 7.54. The molecular weight excluding hydrogens is 222 g/mol. The summed E-state index contributed by atoms with van der Waals surface area (Å²) in [6.45, 7) is 1.80. The molecule has 1 aromatic carbocycles. The average molecular weight is 241 g/mol. The Morgan fingerprint density at radius 2 is 1.88 bits per heavy atom. The van der Waals surface area contributed by atoms with Gasteiger partial charge < -0.3 is 10.4 Å². The Bertz CT molecular complexity index is 324. The van der Waals surface area contributed by atoms with Crippen molar-refractivity contribution < 1.29 is 9.32 Å². The molecule has 0 amide bonds. The number of hydrogen-bond acceptors (Lipinski definition) is 3. The third-order valence-electron chi connectivity index (χ3n) is 2.32. The monoisotopic (exact) mass is 241 g/mol. The van der Waals surface area contributed by atoms with Crippen molar-refractivity contribution in [3.8, 4) is 0 Å². The fraction of sp³-hybridized carbons (Fsp3) is 0.500. The summed E-state index contributed by atoms with van der Waals surface area (Å²) in [5.41, 5.74) is 2.14. The molecule has 1 atom stereocenters. The Hall–Kier alpha value is -0.710. The maximum absolute atomic E-state index is 10.8. The van der Waals surface area contributed by atoms with Crippen LogP contribution >= 0.6 is 0 Å². The van der Waals surface area contributed by atoms with Crippen molar-refractivity contribution >= 4 is 10.8 Å². The van der Waals surface area contributed by atoms with Crippen molar-refractivity contribution in [3.63, 3.8) is 0 Å². The lowest BCUT2D eigenvalue weighted by atomic mass is 10.1. The van der Waals surface area contributed by atoms with Crippen LogP contribution in [0.25, 0.3) is 0 Å². The Balaban J connectivity index is 2.19. The van der Waals surface area contributed by atoms with Crippen molar-refractivity contribution in [2.75, 3.05) is 18.6 Å². The highest BCUT2D eigenvalue weighted by Gasteiger charge is 1.95. The standard InChI is InChI=1S/C12H19NO2S/c1-16(15)8-2-7-13-9-11-3-5-12(10-14)6-4-11/h3-6,13-14H,2,7-10H2,1H3. The first-order chi connectivity index (χ1) is 7.72. The fourth-order valence-electron chi connectivity index (χ4n) is 1.40. The van der Waals surface area contributed by atoms with E-state index in [1.807, 2.05) is 24.3 Å². The predicted octanol–water partition coefficient (Wildman–Crippen LogP) is 1.04. The smallest absolute Gasteiger partial charge is 0.0681 e. The first-order valence-electron chi connectivity index (χ1n) is 5.42. The topological polar surface area (TPSA) is 49.3 Å². The van der Waals surface area contributed by atoms with Gasteiger partial charge in [-0.2, -0.15) is 0 Å². The minimum atomic E-state index is -0.686. The summed E-state index contributed by atoms with van der Waals surface area (Å²) < 4.78 is 10.8. The molecule has 2 N–H and O–H groups in total. The van der Waals surface area contributed by atoms with E-state index in [9.17, 15) is 4.21 Å². The molecule has 0 aliphatic rings. The molecule has 0 spiro atoms. The SMILES string of the molecule is CS(=O)CCCNCc1ccc(CO)cc1. The van der Waals surface area contributed by atoms with Crippen LogP contribution in [0.15, 0.2) is 24.3 Å². The number of hydrogen-bond donors (Lipinski definition) is 2. The van der Waals surface area contributed by atoms with Crippen LogP contribution in [0.1, 0.15) is 17.5 Å². The third-order valence-corrected chi connectivity index (χ3v) is 3.18. The maximum Gasteiger partial charge on any atom is 0.0681 e. The van der Waals surface area contributed by atoms with Crippen molar-refractivity contribution in [1.82, 2.24) is 5.32 Å². The number of nitrogens with one attached hydrogen (secondary N) is 1. The number of rotatable bonds is 7. The van der Waals surface area contributed by atoms with E-state index in [2.05, 4.69) is 5.32 Å². The molecular formula is C12H19NO2S. The van der Waals surface area contributed by atoms with E-state index in [1.54, 1.807) is 6.26 Å². The van der Waals surface area contributed by atoms with E-state index in [0.717, 1.165) is 30.8 Å². The molecule has 1 aromatic rings. The van der Waals surface area contributed by atoms with Gasteiger partial charge in [0, 0.05) is 29.4 Å². The van der Waals surface area contributed by atoms with Gasteiger partial charge in [0.1, 0.15) is 0 Å². The minimum Gasteiger partial charge on any atom is -0.392 e. The normalized spacial score (nSPS) is 12.6. The van der Waals surface area contributed by atoms with Crippen molar-refractivity contribution in [2.24, 2.45) is 0 Å². The lowest BCUT2D eigenvalue weighted by Crippen LogP contribution is -2.16. The largest absolute Gasteiger partial charge is 0.392 e. The van der Waals surface area contributed by atoms with E-state index >= 15 is 0 Å². The van der Waals surface area contributed by atoms with Crippen LogP contribution in [0.5, 0.6) is 0 Å². The van der Waals surface area contributed by atoms with Gasteiger partial charge in [-0.3, -0.25) is 4.21 Å². The quantitative estimate of drug-likeness (QED) is 0.701. The van der Waals surface area contributed by atoms with Gasteiger partial charge in [0.15, 0.2) is 0 Å². The Morgan fingerprint density at radius 1 is 1.25 bits per heavy atom. The molecule has 90 valence electrons. The zero-order chi connectivity index (χ0) is 11.8. The second-order valence-corrected chi connectivity index (χ2v) is 5.34. The minimum absolute atomic E-state index is 0.0933. The van der Waals surface area contributed by atoms with Gasteiger partial charge in [-0.05, 0) is 24.1 Å². The van der Waals surface area contributed by atoms with Gasteiger partial charge in [-0.15, -0.1) is 0 Å². The highest BCUT2D eigenvalue weighted by Crippen LogP contribution is 2.03. The van der Waals surface area contributed by atoms with Gasteiger partial charge in [-0.25, -0.2) is 0 Å². The summed E-state index contributed by atoms with van der Waals surface area (Å²) in [7, 11) is -0.686. The molecule has 0 saturated heterocycles.